The van der Waals surface area contributed by atoms with Crippen LogP contribution in [0.4, 0.5) is 0 Å². The Morgan fingerprint density at radius 2 is 1.72 bits per heavy atom. The topological polar surface area (TPSA) is 82.9 Å². The Morgan fingerprint density at radius 1 is 0.967 bits per heavy atom. The summed E-state index contributed by atoms with van der Waals surface area (Å²) < 4.78 is 23.0. The Balaban J connectivity index is 0.951. The first-order valence-corrected chi connectivity index (χ1v) is 28.5. The van der Waals surface area contributed by atoms with Gasteiger partial charge in [-0.3, -0.25) is 9.59 Å². The van der Waals surface area contributed by atoms with E-state index in [0.29, 0.717) is 67.1 Å². The van der Waals surface area contributed by atoms with Crippen LogP contribution >= 0.6 is 30.1 Å². The third kappa shape index (κ3) is 13.5. The molecule has 0 N–H and O–H groups in total. The fraction of sp³-hybridized carbons (Fsp3) is 0.902. The van der Waals surface area contributed by atoms with Gasteiger partial charge in [-0.15, -0.1) is 0 Å². The minimum Gasteiger partial charge on any atom is -0.337 e. The van der Waals surface area contributed by atoms with Crippen molar-refractivity contribution >= 4 is 41.8 Å². The van der Waals surface area contributed by atoms with Crippen LogP contribution in [0.5, 0.6) is 0 Å². The number of nitriles is 1. The Labute approximate surface area is 385 Å². The average Bonchev–Trinajstić information content (AvgIpc) is 3.81. The lowest BCUT2D eigenvalue weighted by atomic mass is 9.47. The molecular formula is C51H88N3O4PS2. The molecule has 4 fully saturated rings. The minimum atomic E-state index is -1.38. The summed E-state index contributed by atoms with van der Waals surface area (Å²) in [5, 5.41) is 9.72. The van der Waals surface area contributed by atoms with Gasteiger partial charge in [-0.25, -0.2) is 4.67 Å². The maximum Gasteiger partial charge on any atom is 0.259 e. The molecule has 7 nitrogen and oxygen atoms in total. The molecule has 0 bridgehead atoms. The van der Waals surface area contributed by atoms with Gasteiger partial charge in [0, 0.05) is 56.3 Å². The number of likely N-dealkylation sites (tertiary alicyclic amines) is 1. The monoisotopic (exact) mass is 903 g/mol. The zero-order valence-electron chi connectivity index (χ0n) is 41.1. The van der Waals surface area contributed by atoms with Gasteiger partial charge in [0.15, 0.2) is 0 Å². The second-order valence-electron chi connectivity index (χ2n) is 21.5. The fourth-order valence-electron chi connectivity index (χ4n) is 12.9. The SMILES string of the molecule is [2H]C[C@@H]1C[C@@H](OP(OCCC#N)N(C(C)C)C(C)C)CN1C(=O)CCCCCCC(=O)CCSS[C@H]1CC[C@@]2(C)C(=CCC3C2CC[C@@]2(C)C3CC[C@@H]2[C@H](C)CCCC(C)C)C1. The number of allylic oxidation sites excluding steroid dienone is 2. The van der Waals surface area contributed by atoms with E-state index >= 15 is 0 Å². The summed E-state index contributed by atoms with van der Waals surface area (Å²) in [7, 11) is 2.61. The summed E-state index contributed by atoms with van der Waals surface area (Å²) >= 11 is 0. The first-order valence-electron chi connectivity index (χ1n) is 25.7. The average molecular weight is 903 g/mol. The van der Waals surface area contributed by atoms with Gasteiger partial charge in [-0.2, -0.15) is 5.26 Å². The molecule has 348 valence electrons. The molecule has 1 heterocycles. The van der Waals surface area contributed by atoms with E-state index < -0.39 is 8.53 Å². The van der Waals surface area contributed by atoms with Gasteiger partial charge in [0.1, 0.15) is 5.78 Å². The lowest BCUT2D eigenvalue weighted by Crippen LogP contribution is -2.50. The molecule has 3 saturated carbocycles. The Hall–Kier alpha value is -0.620. The van der Waals surface area contributed by atoms with Crippen LogP contribution in [-0.4, -0.2) is 69.6 Å². The second-order valence-corrected chi connectivity index (χ2v) is 25.7. The van der Waals surface area contributed by atoms with Crippen molar-refractivity contribution in [3.63, 3.8) is 0 Å². The van der Waals surface area contributed by atoms with Crippen molar-refractivity contribution in [2.75, 3.05) is 18.9 Å². The summed E-state index contributed by atoms with van der Waals surface area (Å²) in [5.74, 6) is 6.69. The Kier molecular flexibility index (Phi) is 19.8. The number of amides is 1. The normalized spacial score (nSPS) is 32.4. The van der Waals surface area contributed by atoms with Gasteiger partial charge in [0.2, 0.25) is 5.91 Å². The van der Waals surface area contributed by atoms with Crippen molar-refractivity contribution in [1.29, 1.82) is 5.26 Å². The third-order valence-electron chi connectivity index (χ3n) is 16.1. The molecule has 61 heavy (non-hydrogen) atoms. The smallest absolute Gasteiger partial charge is 0.259 e. The van der Waals surface area contributed by atoms with E-state index in [4.69, 9.17) is 15.7 Å². The van der Waals surface area contributed by atoms with E-state index in [1.807, 2.05) is 15.7 Å². The van der Waals surface area contributed by atoms with Gasteiger partial charge >= 0.3 is 0 Å². The number of carbonyl (C=O) groups excluding carboxylic acids is 2. The molecule has 0 aromatic rings. The van der Waals surface area contributed by atoms with Crippen molar-refractivity contribution in [2.24, 2.45) is 46.3 Å². The zero-order valence-corrected chi connectivity index (χ0v) is 42.7. The number of Topliss-reactive ketones (excluding diaryl/α,β-unsaturated/α-hetero) is 1. The predicted octanol–water partition coefficient (Wildman–Crippen LogP) is 14.4. The lowest BCUT2D eigenvalue weighted by Gasteiger charge is -2.58. The quantitative estimate of drug-likeness (QED) is 0.0388. The molecule has 4 unspecified atom stereocenters. The number of hydrogen-bond acceptors (Lipinski definition) is 8. The molecule has 10 heteroatoms. The maximum atomic E-state index is 13.3. The summed E-state index contributed by atoms with van der Waals surface area (Å²) in [6.45, 7) is 22.1. The van der Waals surface area contributed by atoms with Gasteiger partial charge in [0.05, 0.1) is 25.2 Å². The highest BCUT2D eigenvalue weighted by atomic mass is 33.1. The van der Waals surface area contributed by atoms with Crippen LogP contribution < -0.4 is 0 Å². The number of fused-ring (bicyclic) bond motifs is 5. The van der Waals surface area contributed by atoms with Crippen LogP contribution in [0.1, 0.15) is 199 Å². The molecule has 0 aromatic heterocycles. The van der Waals surface area contributed by atoms with E-state index in [1.165, 1.54) is 70.6 Å². The van der Waals surface area contributed by atoms with Crippen LogP contribution in [0.2, 0.25) is 0 Å². The van der Waals surface area contributed by atoms with Gasteiger partial charge in [-0.1, -0.05) is 100.0 Å². The number of unbranched alkanes of at least 4 members (excludes halogenated alkanes) is 3. The number of hydrogen-bond donors (Lipinski definition) is 0. The molecule has 0 radical (unpaired) electrons. The van der Waals surface area contributed by atoms with Crippen molar-refractivity contribution in [3.05, 3.63) is 11.6 Å². The largest absolute Gasteiger partial charge is 0.337 e. The second kappa shape index (κ2) is 24.2. The first kappa shape index (κ1) is 49.8. The predicted molar refractivity (Wildman–Crippen MR) is 260 cm³/mol. The molecule has 5 rings (SSSR count). The molecule has 1 aliphatic heterocycles. The summed E-state index contributed by atoms with van der Waals surface area (Å²) in [6, 6.07) is 2.42. The molecule has 1 amide bonds. The molecular weight excluding hydrogens is 814 g/mol. The highest BCUT2D eigenvalue weighted by Gasteiger charge is 2.59. The zero-order chi connectivity index (χ0) is 45.0. The van der Waals surface area contributed by atoms with E-state index in [-0.39, 0.29) is 37.0 Å². The van der Waals surface area contributed by atoms with Crippen LogP contribution in [0.3, 0.4) is 0 Å². The molecule has 11 atom stereocenters. The summed E-state index contributed by atoms with van der Waals surface area (Å²) in [5.41, 5.74) is 2.73. The number of ketones is 1. The Bertz CT molecular complexity index is 1490. The number of nitrogens with zero attached hydrogens (tertiary/aromatic N) is 3. The van der Waals surface area contributed by atoms with Gasteiger partial charge in [-0.05, 0) is 152 Å². The van der Waals surface area contributed by atoms with Gasteiger partial charge < -0.3 is 13.9 Å². The molecule has 0 spiro atoms. The number of rotatable bonds is 25. The Morgan fingerprint density at radius 3 is 2.43 bits per heavy atom. The van der Waals surface area contributed by atoms with Crippen LogP contribution in [0, 0.1) is 57.7 Å². The van der Waals surface area contributed by atoms with Crippen molar-refractivity contribution in [1.82, 2.24) is 9.57 Å². The fourth-order valence-corrected chi connectivity index (χ4v) is 17.3. The van der Waals surface area contributed by atoms with Crippen LogP contribution in [-0.2, 0) is 18.6 Å². The van der Waals surface area contributed by atoms with E-state index in [2.05, 4.69) is 89.9 Å². The molecule has 5 aliphatic rings. The van der Waals surface area contributed by atoms with Crippen molar-refractivity contribution in [3.8, 4) is 6.07 Å². The van der Waals surface area contributed by atoms with Crippen molar-refractivity contribution < 1.29 is 20.0 Å². The standard InChI is InChI=1S/C51H88N3O4PS2/c1-36(2)17-15-18-39(7)46-23-24-47-45-22-21-41-34-44(25-28-50(41,9)48(45)26-29-51(46,47)10)61-60-32-27-42(55)19-13-11-12-14-20-49(56)53-35-43(33-40(53)8)58-59(57-31-16-30-52)54(37(3)4)38(5)6/h21,36-40,43-48H,11-20,22-29,31-35H2,1-10H3/t39-,40-,43-,44+,45?,46-,47?,48?,50+,51-,59?/m1/s1/i8D. The van der Waals surface area contributed by atoms with E-state index in [9.17, 15) is 9.59 Å². The third-order valence-corrected chi connectivity index (χ3v) is 21.2. The van der Waals surface area contributed by atoms with Crippen LogP contribution in [0.15, 0.2) is 11.6 Å². The lowest BCUT2D eigenvalue weighted by molar-refractivity contribution is -0.132. The summed E-state index contributed by atoms with van der Waals surface area (Å²) in [4.78, 5) is 28.0. The highest BCUT2D eigenvalue weighted by molar-refractivity contribution is 8.76. The maximum absolute atomic E-state index is 13.3. The minimum absolute atomic E-state index is 0.0985. The van der Waals surface area contributed by atoms with E-state index in [0.717, 1.165) is 66.9 Å². The first-order chi connectivity index (χ1) is 29.6. The summed E-state index contributed by atoms with van der Waals surface area (Å²) in [6.07, 6.45) is 24.1. The van der Waals surface area contributed by atoms with Crippen molar-refractivity contribution in [2.45, 2.75) is 227 Å². The molecule has 0 aromatic carbocycles. The van der Waals surface area contributed by atoms with Gasteiger partial charge in [0.25, 0.3) is 8.53 Å². The van der Waals surface area contributed by atoms with E-state index in [1.54, 1.807) is 5.57 Å². The van der Waals surface area contributed by atoms with Crippen LogP contribution in [0.25, 0.3) is 0 Å². The highest BCUT2D eigenvalue weighted by Crippen LogP contribution is 2.68. The number of carbonyl (C=O) groups is 2. The molecule has 4 aliphatic carbocycles. The molecule has 1 saturated heterocycles.